The number of carbonyl (C=O) groups excluding carboxylic acids is 1. The number of aryl methyl sites for hydroxylation is 1. The second-order valence-corrected chi connectivity index (χ2v) is 3.91. The first kappa shape index (κ1) is 11.3. The Morgan fingerprint density at radius 1 is 1.47 bits per heavy atom. The molecule has 0 bridgehead atoms. The van der Waals surface area contributed by atoms with Crippen molar-refractivity contribution in [2.24, 2.45) is 0 Å². The number of rotatable bonds is 2. The molecule has 96 valence electrons. The minimum Gasteiger partial charge on any atom is -0.292 e. The number of halogens is 1. The van der Waals surface area contributed by atoms with E-state index in [4.69, 9.17) is 0 Å². The van der Waals surface area contributed by atoms with E-state index in [1.807, 2.05) is 0 Å². The predicted octanol–water partition coefficient (Wildman–Crippen LogP) is 1.15. The fourth-order valence-corrected chi connectivity index (χ4v) is 1.84. The van der Waals surface area contributed by atoms with Crippen molar-refractivity contribution in [2.75, 3.05) is 5.32 Å². The highest BCUT2D eigenvalue weighted by Gasteiger charge is 2.17. The zero-order valence-electron chi connectivity index (χ0n) is 9.88. The van der Waals surface area contributed by atoms with Crippen molar-refractivity contribution in [3.63, 3.8) is 0 Å². The molecule has 0 unspecified atom stereocenters. The zero-order chi connectivity index (χ0) is 13.4. The molecule has 0 fully saturated rings. The van der Waals surface area contributed by atoms with Gasteiger partial charge in [-0.15, -0.1) is 0 Å². The Morgan fingerprint density at radius 3 is 3.05 bits per heavy atom. The number of H-pyrrole nitrogens is 1. The summed E-state index contributed by atoms with van der Waals surface area (Å²) >= 11 is 0. The molecule has 8 heteroatoms. The fourth-order valence-electron chi connectivity index (χ4n) is 1.84. The fraction of sp³-hybridized carbons (Fsp3) is 0.0909. The largest absolute Gasteiger partial charge is 0.292 e. The van der Waals surface area contributed by atoms with Gasteiger partial charge in [0.2, 0.25) is 5.95 Å². The van der Waals surface area contributed by atoms with Crippen LogP contribution in [0.4, 0.5) is 10.3 Å². The van der Waals surface area contributed by atoms with Crippen molar-refractivity contribution < 1.29 is 9.18 Å². The Hall–Kier alpha value is -2.77. The van der Waals surface area contributed by atoms with Gasteiger partial charge in [-0.25, -0.2) is 14.5 Å². The van der Waals surface area contributed by atoms with E-state index in [2.05, 4.69) is 25.5 Å². The van der Waals surface area contributed by atoms with E-state index in [-0.39, 0.29) is 11.6 Å². The molecular weight excluding hydrogens is 251 g/mol. The average molecular weight is 260 g/mol. The van der Waals surface area contributed by atoms with E-state index in [9.17, 15) is 9.18 Å². The number of amides is 1. The second kappa shape index (κ2) is 4.16. The topological polar surface area (TPSA) is 88.0 Å². The molecule has 0 aromatic carbocycles. The molecule has 0 saturated heterocycles. The molecule has 19 heavy (non-hydrogen) atoms. The van der Waals surface area contributed by atoms with Gasteiger partial charge in [-0.3, -0.25) is 14.5 Å². The van der Waals surface area contributed by atoms with Crippen LogP contribution >= 0.6 is 0 Å². The third kappa shape index (κ3) is 1.92. The number of fused-ring (bicyclic) bond motifs is 1. The standard InChI is InChI=1S/C11H9FN6O/c1-6-9(10(19)16-11-13-5-14-17-11)18-4-7(12)2-3-8(18)15-6/h2-5H,1H3,(H2,13,14,16,17,19). The van der Waals surface area contributed by atoms with E-state index < -0.39 is 11.7 Å². The quantitative estimate of drug-likeness (QED) is 0.723. The molecule has 0 aliphatic rings. The van der Waals surface area contributed by atoms with Crippen molar-refractivity contribution in [2.45, 2.75) is 6.92 Å². The van der Waals surface area contributed by atoms with Crippen LogP contribution in [0.5, 0.6) is 0 Å². The number of imidazole rings is 1. The number of aromatic amines is 1. The SMILES string of the molecule is Cc1nc2ccc(F)cn2c1C(=O)Nc1ncn[nH]1. The van der Waals surface area contributed by atoms with Gasteiger partial charge in [0.05, 0.1) is 5.69 Å². The molecule has 0 atom stereocenters. The van der Waals surface area contributed by atoms with Crippen LogP contribution in [0.2, 0.25) is 0 Å². The summed E-state index contributed by atoms with van der Waals surface area (Å²) in [6, 6.07) is 2.80. The molecular formula is C11H9FN6O. The minimum atomic E-state index is -0.446. The molecule has 1 amide bonds. The van der Waals surface area contributed by atoms with E-state index in [0.29, 0.717) is 11.3 Å². The highest BCUT2D eigenvalue weighted by atomic mass is 19.1. The monoisotopic (exact) mass is 260 g/mol. The van der Waals surface area contributed by atoms with E-state index in [1.165, 1.54) is 29.1 Å². The van der Waals surface area contributed by atoms with Crippen LogP contribution < -0.4 is 5.32 Å². The van der Waals surface area contributed by atoms with Crippen molar-refractivity contribution in [1.29, 1.82) is 0 Å². The number of aromatic nitrogens is 5. The minimum absolute atomic E-state index is 0.218. The Kier molecular flexibility index (Phi) is 2.48. The predicted molar refractivity (Wildman–Crippen MR) is 64.2 cm³/mol. The molecule has 3 aromatic rings. The third-order valence-corrected chi connectivity index (χ3v) is 2.62. The molecule has 0 spiro atoms. The maximum atomic E-state index is 13.3. The third-order valence-electron chi connectivity index (χ3n) is 2.62. The van der Waals surface area contributed by atoms with Gasteiger partial charge in [0, 0.05) is 6.20 Å². The molecule has 3 rings (SSSR count). The Balaban J connectivity index is 2.06. The van der Waals surface area contributed by atoms with Gasteiger partial charge in [-0.2, -0.15) is 10.1 Å². The first-order chi connectivity index (χ1) is 9.15. The first-order valence-electron chi connectivity index (χ1n) is 5.46. The Labute approximate surface area is 106 Å². The molecule has 3 heterocycles. The maximum Gasteiger partial charge on any atom is 0.276 e. The van der Waals surface area contributed by atoms with Crippen LogP contribution in [0.1, 0.15) is 16.2 Å². The zero-order valence-corrected chi connectivity index (χ0v) is 9.88. The Bertz CT molecular complexity index is 748. The van der Waals surface area contributed by atoms with Gasteiger partial charge < -0.3 is 0 Å². The lowest BCUT2D eigenvalue weighted by Crippen LogP contribution is -2.16. The molecule has 0 aliphatic carbocycles. The van der Waals surface area contributed by atoms with Crippen LogP contribution in [0, 0.1) is 12.7 Å². The van der Waals surface area contributed by atoms with Gasteiger partial charge in [-0.05, 0) is 19.1 Å². The van der Waals surface area contributed by atoms with Gasteiger partial charge in [-0.1, -0.05) is 0 Å². The summed E-state index contributed by atoms with van der Waals surface area (Å²) in [6.45, 7) is 1.68. The maximum absolute atomic E-state index is 13.3. The van der Waals surface area contributed by atoms with E-state index in [1.54, 1.807) is 6.92 Å². The van der Waals surface area contributed by atoms with Gasteiger partial charge in [0.15, 0.2) is 0 Å². The van der Waals surface area contributed by atoms with Crippen molar-refractivity contribution in [3.05, 3.63) is 41.9 Å². The summed E-state index contributed by atoms with van der Waals surface area (Å²) in [6.07, 6.45) is 2.49. The highest BCUT2D eigenvalue weighted by molar-refractivity contribution is 6.03. The van der Waals surface area contributed by atoms with Crippen molar-refractivity contribution in [1.82, 2.24) is 24.6 Å². The van der Waals surface area contributed by atoms with E-state index in [0.717, 1.165) is 0 Å². The van der Waals surface area contributed by atoms with Crippen LogP contribution in [-0.2, 0) is 0 Å². The molecule has 0 radical (unpaired) electrons. The summed E-state index contributed by atoms with van der Waals surface area (Å²) in [5.41, 5.74) is 1.26. The van der Waals surface area contributed by atoms with Gasteiger partial charge in [0.25, 0.3) is 5.91 Å². The number of nitrogens with one attached hydrogen (secondary N) is 2. The second-order valence-electron chi connectivity index (χ2n) is 3.91. The molecule has 2 N–H and O–H groups in total. The lowest BCUT2D eigenvalue weighted by molar-refractivity contribution is 0.102. The average Bonchev–Trinajstić information content (AvgIpc) is 2.95. The number of anilines is 1. The lowest BCUT2D eigenvalue weighted by atomic mass is 10.3. The van der Waals surface area contributed by atoms with Crippen LogP contribution in [-0.4, -0.2) is 30.5 Å². The van der Waals surface area contributed by atoms with E-state index >= 15 is 0 Å². The van der Waals surface area contributed by atoms with Crippen LogP contribution in [0.15, 0.2) is 24.7 Å². The van der Waals surface area contributed by atoms with Gasteiger partial charge >= 0.3 is 0 Å². The number of carbonyl (C=O) groups is 1. The summed E-state index contributed by atoms with van der Waals surface area (Å²) in [5, 5.41) is 8.66. The summed E-state index contributed by atoms with van der Waals surface area (Å²) in [4.78, 5) is 20.1. The van der Waals surface area contributed by atoms with Gasteiger partial charge in [0.1, 0.15) is 23.5 Å². The highest BCUT2D eigenvalue weighted by Crippen LogP contribution is 2.14. The molecule has 3 aromatic heterocycles. The number of hydrogen-bond donors (Lipinski definition) is 2. The normalized spacial score (nSPS) is 10.8. The van der Waals surface area contributed by atoms with Crippen LogP contribution in [0.25, 0.3) is 5.65 Å². The Morgan fingerprint density at radius 2 is 2.32 bits per heavy atom. The first-order valence-corrected chi connectivity index (χ1v) is 5.46. The number of pyridine rings is 1. The number of hydrogen-bond acceptors (Lipinski definition) is 4. The summed E-state index contributed by atoms with van der Waals surface area (Å²) in [7, 11) is 0. The van der Waals surface area contributed by atoms with Crippen molar-refractivity contribution in [3.8, 4) is 0 Å². The lowest BCUT2D eigenvalue weighted by Gasteiger charge is -2.02. The summed E-state index contributed by atoms with van der Waals surface area (Å²) < 4.78 is 14.7. The molecule has 0 saturated carbocycles. The summed E-state index contributed by atoms with van der Waals surface area (Å²) in [5.74, 6) is -0.665. The smallest absolute Gasteiger partial charge is 0.276 e. The molecule has 7 nitrogen and oxygen atoms in total. The van der Waals surface area contributed by atoms with Crippen LogP contribution in [0.3, 0.4) is 0 Å². The molecule has 0 aliphatic heterocycles. The van der Waals surface area contributed by atoms with Crippen molar-refractivity contribution >= 4 is 17.5 Å². The number of nitrogens with zero attached hydrogens (tertiary/aromatic N) is 4.